The molecule has 0 amide bonds. The Bertz CT molecular complexity index is 383. The number of hydrogen-bond acceptors (Lipinski definition) is 2. The summed E-state index contributed by atoms with van der Waals surface area (Å²) in [5.74, 6) is 0. The highest BCUT2D eigenvalue weighted by Gasteiger charge is 2.26. The predicted molar refractivity (Wildman–Crippen MR) is 81.8 cm³/mol. The smallest absolute Gasteiger partial charge is 0.185 e. The van der Waals surface area contributed by atoms with E-state index in [-0.39, 0.29) is 10.0 Å². The fourth-order valence-electron chi connectivity index (χ4n) is 1.51. The van der Waals surface area contributed by atoms with Crippen LogP contribution in [0.15, 0.2) is 30.3 Å². The summed E-state index contributed by atoms with van der Waals surface area (Å²) in [6.45, 7) is 6.34. The minimum absolute atomic E-state index is 0.201. The van der Waals surface area contributed by atoms with E-state index in [2.05, 4.69) is 60.4 Å². The summed E-state index contributed by atoms with van der Waals surface area (Å²) in [7, 11) is -1.65. The zero-order chi connectivity index (χ0) is 12.9. The molecule has 0 saturated carbocycles. The second kappa shape index (κ2) is 6.52. The van der Waals surface area contributed by atoms with Gasteiger partial charge in [0.1, 0.15) is 6.10 Å². The molecular weight excluding hydrogens is 341 g/mol. The Labute approximate surface area is 118 Å². The van der Waals surface area contributed by atoms with Crippen molar-refractivity contribution in [2.45, 2.75) is 36.1 Å². The molecular formula is C13H18INOSi. The maximum absolute atomic E-state index is 9.18. The van der Waals surface area contributed by atoms with Crippen molar-refractivity contribution >= 4 is 30.9 Å². The van der Waals surface area contributed by atoms with Crippen molar-refractivity contribution in [2.75, 3.05) is 0 Å². The minimum atomic E-state index is -1.65. The molecule has 0 saturated heterocycles. The van der Waals surface area contributed by atoms with E-state index in [4.69, 9.17) is 4.43 Å². The quantitative estimate of drug-likeness (QED) is 0.455. The van der Waals surface area contributed by atoms with Gasteiger partial charge in [-0.1, -0.05) is 52.9 Å². The molecule has 0 unspecified atom stereocenters. The molecule has 0 aliphatic rings. The van der Waals surface area contributed by atoms with Crippen LogP contribution in [-0.4, -0.2) is 18.3 Å². The molecule has 17 heavy (non-hydrogen) atoms. The van der Waals surface area contributed by atoms with E-state index in [0.717, 1.165) is 6.42 Å². The second-order valence-electron chi connectivity index (χ2n) is 4.99. The second-order valence-corrected chi connectivity index (χ2v) is 11.0. The molecule has 92 valence electrons. The summed E-state index contributed by atoms with van der Waals surface area (Å²) in [4.78, 5) is 0. The molecule has 0 aromatic heterocycles. The van der Waals surface area contributed by atoms with Crippen molar-refractivity contribution < 1.29 is 4.43 Å². The molecule has 0 aliphatic heterocycles. The van der Waals surface area contributed by atoms with Crippen LogP contribution in [0.4, 0.5) is 0 Å². The van der Waals surface area contributed by atoms with E-state index in [1.807, 2.05) is 18.2 Å². The molecule has 0 spiro atoms. The molecule has 0 aliphatic carbocycles. The van der Waals surface area contributed by atoms with E-state index in [0.29, 0.717) is 0 Å². The Hall–Kier alpha value is -0.383. The summed E-state index contributed by atoms with van der Waals surface area (Å²) in [5, 5.41) is 9.18. The molecule has 1 aromatic rings. The predicted octanol–water partition coefficient (Wildman–Crippen LogP) is 3.78. The minimum Gasteiger partial charge on any atom is -0.401 e. The standard InChI is InChI=1S/C13H18INOSi/c1-17(2,3)16-13(10-15)12(14)9-11-7-5-4-6-8-11/h4-8,12-13H,9H2,1-3H3/t12-,13+/m1/s1. The van der Waals surface area contributed by atoms with Gasteiger partial charge in [-0.2, -0.15) is 5.26 Å². The van der Waals surface area contributed by atoms with Gasteiger partial charge in [0, 0.05) is 0 Å². The lowest BCUT2D eigenvalue weighted by Crippen LogP contribution is -2.36. The van der Waals surface area contributed by atoms with Gasteiger partial charge in [0.2, 0.25) is 0 Å². The number of alkyl halides is 1. The SMILES string of the molecule is C[Si](C)(C)O[C@@H](C#N)[C@H](I)Cc1ccccc1. The van der Waals surface area contributed by atoms with E-state index >= 15 is 0 Å². The maximum atomic E-state index is 9.18. The fraction of sp³-hybridized carbons (Fsp3) is 0.462. The van der Waals surface area contributed by atoms with E-state index < -0.39 is 8.32 Å². The number of benzene rings is 1. The molecule has 1 rings (SSSR count). The number of halogens is 1. The van der Waals surface area contributed by atoms with Gasteiger partial charge in [0.05, 0.1) is 9.99 Å². The van der Waals surface area contributed by atoms with Crippen molar-refractivity contribution in [3.8, 4) is 6.07 Å². The molecule has 0 radical (unpaired) electrons. The third-order valence-electron chi connectivity index (χ3n) is 2.21. The number of hydrogen-bond donors (Lipinski definition) is 0. The first-order valence-corrected chi connectivity index (χ1v) is 10.3. The first-order chi connectivity index (χ1) is 7.92. The third-order valence-corrected chi connectivity index (χ3v) is 4.26. The summed E-state index contributed by atoms with van der Waals surface area (Å²) >= 11 is 2.32. The van der Waals surface area contributed by atoms with Gasteiger partial charge in [-0.05, 0) is 31.6 Å². The largest absolute Gasteiger partial charge is 0.401 e. The molecule has 0 heterocycles. The molecule has 4 heteroatoms. The summed E-state index contributed by atoms with van der Waals surface area (Å²) in [5.41, 5.74) is 1.26. The number of nitrogens with zero attached hydrogens (tertiary/aromatic N) is 1. The molecule has 2 nitrogen and oxygen atoms in total. The van der Waals surface area contributed by atoms with Crippen molar-refractivity contribution in [3.63, 3.8) is 0 Å². The van der Waals surface area contributed by atoms with E-state index in [9.17, 15) is 5.26 Å². The summed E-state index contributed by atoms with van der Waals surface area (Å²) in [6, 6.07) is 12.5. The zero-order valence-electron chi connectivity index (χ0n) is 10.5. The van der Waals surface area contributed by atoms with Gasteiger partial charge in [-0.3, -0.25) is 0 Å². The molecule has 2 atom stereocenters. The Morgan fingerprint density at radius 1 is 1.29 bits per heavy atom. The van der Waals surface area contributed by atoms with Crippen LogP contribution in [0.1, 0.15) is 5.56 Å². The van der Waals surface area contributed by atoms with Crippen molar-refractivity contribution in [1.82, 2.24) is 0 Å². The Kier molecular flexibility index (Phi) is 5.63. The molecule has 0 N–H and O–H groups in total. The van der Waals surface area contributed by atoms with Crippen LogP contribution in [-0.2, 0) is 10.8 Å². The van der Waals surface area contributed by atoms with Crippen molar-refractivity contribution in [1.29, 1.82) is 5.26 Å². The topological polar surface area (TPSA) is 33.0 Å². The third kappa shape index (κ3) is 5.66. The van der Waals surface area contributed by atoms with Gasteiger partial charge in [0.25, 0.3) is 0 Å². The van der Waals surface area contributed by atoms with Crippen molar-refractivity contribution in [2.24, 2.45) is 0 Å². The van der Waals surface area contributed by atoms with Crippen LogP contribution in [0.2, 0.25) is 19.6 Å². The fourth-order valence-corrected chi connectivity index (χ4v) is 3.58. The zero-order valence-corrected chi connectivity index (χ0v) is 13.6. The number of nitriles is 1. The van der Waals surface area contributed by atoms with E-state index in [1.54, 1.807) is 0 Å². The molecule has 0 fully saturated rings. The van der Waals surface area contributed by atoms with Gasteiger partial charge < -0.3 is 4.43 Å². The lowest BCUT2D eigenvalue weighted by Gasteiger charge is -2.25. The van der Waals surface area contributed by atoms with Crippen LogP contribution in [0.3, 0.4) is 0 Å². The van der Waals surface area contributed by atoms with E-state index in [1.165, 1.54) is 5.56 Å². The van der Waals surface area contributed by atoms with Crippen LogP contribution >= 0.6 is 22.6 Å². The Balaban J connectivity index is 2.62. The van der Waals surface area contributed by atoms with Gasteiger partial charge in [0.15, 0.2) is 8.32 Å². The normalized spacial score (nSPS) is 15.0. The summed E-state index contributed by atoms with van der Waals surface area (Å²) in [6.07, 6.45) is 0.576. The lowest BCUT2D eigenvalue weighted by molar-refractivity contribution is 0.249. The highest BCUT2D eigenvalue weighted by atomic mass is 127. The highest BCUT2D eigenvalue weighted by Crippen LogP contribution is 2.19. The van der Waals surface area contributed by atoms with Crippen LogP contribution in [0, 0.1) is 11.3 Å². The number of rotatable bonds is 5. The van der Waals surface area contributed by atoms with Gasteiger partial charge in [-0.25, -0.2) is 0 Å². The van der Waals surface area contributed by atoms with Crippen LogP contribution < -0.4 is 0 Å². The average molecular weight is 359 g/mol. The molecule has 1 aromatic carbocycles. The van der Waals surface area contributed by atoms with Crippen LogP contribution in [0.25, 0.3) is 0 Å². The van der Waals surface area contributed by atoms with Gasteiger partial charge >= 0.3 is 0 Å². The summed E-state index contributed by atoms with van der Waals surface area (Å²) < 4.78 is 6.09. The Morgan fingerprint density at radius 3 is 2.35 bits per heavy atom. The Morgan fingerprint density at radius 2 is 1.88 bits per heavy atom. The molecule has 0 bridgehead atoms. The first-order valence-electron chi connectivity index (χ1n) is 5.68. The highest BCUT2D eigenvalue weighted by molar-refractivity contribution is 14.1. The maximum Gasteiger partial charge on any atom is 0.185 e. The average Bonchev–Trinajstić information content (AvgIpc) is 2.26. The first kappa shape index (κ1) is 14.7. The van der Waals surface area contributed by atoms with Crippen LogP contribution in [0.5, 0.6) is 0 Å². The van der Waals surface area contributed by atoms with Crippen molar-refractivity contribution in [3.05, 3.63) is 35.9 Å². The monoisotopic (exact) mass is 359 g/mol. The lowest BCUT2D eigenvalue weighted by atomic mass is 10.1. The van der Waals surface area contributed by atoms with Gasteiger partial charge in [-0.15, -0.1) is 0 Å².